The Kier molecular flexibility index (Phi) is 3.67. The van der Waals surface area contributed by atoms with Gasteiger partial charge in [-0.2, -0.15) is 5.10 Å². The topological polar surface area (TPSA) is 35.8 Å². The molecule has 1 fully saturated rings. The number of nitrogens with zero attached hydrogens (tertiary/aromatic N) is 2. The number of rotatable bonds is 2. The summed E-state index contributed by atoms with van der Waals surface area (Å²) >= 11 is 0. The monoisotopic (exact) mass is 232 g/mol. The van der Waals surface area contributed by atoms with Crippen molar-refractivity contribution in [2.75, 3.05) is 0 Å². The lowest BCUT2D eigenvalue weighted by Gasteiger charge is -2.36. The van der Waals surface area contributed by atoms with E-state index in [0.29, 0.717) is 17.8 Å². The van der Waals surface area contributed by atoms with E-state index in [9.17, 15) is 5.11 Å². The van der Waals surface area contributed by atoms with E-state index < -0.39 is 0 Å². The average molecular weight is 232 g/mol. The van der Waals surface area contributed by atoms with E-state index in [0.717, 1.165) is 5.56 Å². The molecule has 3 nitrogen and oxygen atoms in total. The van der Waals surface area contributed by atoms with Gasteiger partial charge in [-0.25, -0.2) is 0 Å². The predicted molar refractivity (Wildman–Crippen MR) is 70.3 cm³/mol. The van der Waals surface area contributed by atoms with Crippen molar-refractivity contribution in [1.82, 2.24) is 5.01 Å². The summed E-state index contributed by atoms with van der Waals surface area (Å²) in [6, 6.07) is 8.16. The van der Waals surface area contributed by atoms with E-state index in [2.05, 4.69) is 24.0 Å². The van der Waals surface area contributed by atoms with Crippen molar-refractivity contribution >= 4 is 6.21 Å². The SMILES string of the molecule is C[C@H]1CCC[C@H](C)N1/N=C/c1ccc(O)cc1. The number of hydrogen-bond acceptors (Lipinski definition) is 3. The van der Waals surface area contributed by atoms with E-state index in [1.807, 2.05) is 18.3 Å². The minimum Gasteiger partial charge on any atom is -0.508 e. The highest BCUT2D eigenvalue weighted by atomic mass is 16.3. The number of hydrogen-bond donors (Lipinski definition) is 1. The van der Waals surface area contributed by atoms with Crippen molar-refractivity contribution in [2.45, 2.75) is 45.2 Å². The maximum absolute atomic E-state index is 9.20. The molecule has 1 heterocycles. The molecule has 1 aliphatic rings. The number of piperidine rings is 1. The third kappa shape index (κ3) is 2.99. The molecule has 1 aromatic rings. The molecule has 1 N–H and O–H groups in total. The van der Waals surface area contributed by atoms with Crippen LogP contribution in [-0.4, -0.2) is 28.4 Å². The van der Waals surface area contributed by atoms with Crippen LogP contribution in [0.2, 0.25) is 0 Å². The van der Waals surface area contributed by atoms with Crippen molar-refractivity contribution in [3.05, 3.63) is 29.8 Å². The number of phenols is 1. The Balaban J connectivity index is 2.06. The third-order valence-electron chi connectivity index (χ3n) is 3.38. The van der Waals surface area contributed by atoms with Crippen LogP contribution < -0.4 is 0 Å². The first-order valence-electron chi connectivity index (χ1n) is 6.28. The van der Waals surface area contributed by atoms with E-state index in [1.54, 1.807) is 12.1 Å². The summed E-state index contributed by atoms with van der Waals surface area (Å²) in [6.45, 7) is 4.45. The lowest BCUT2D eigenvalue weighted by molar-refractivity contribution is 0.109. The normalized spacial score (nSPS) is 25.4. The van der Waals surface area contributed by atoms with Gasteiger partial charge < -0.3 is 5.11 Å². The van der Waals surface area contributed by atoms with E-state index in [1.165, 1.54) is 19.3 Å². The molecule has 0 bridgehead atoms. The summed E-state index contributed by atoms with van der Waals surface area (Å²) < 4.78 is 0. The van der Waals surface area contributed by atoms with E-state index in [-0.39, 0.29) is 0 Å². The highest BCUT2D eigenvalue weighted by molar-refractivity contribution is 5.79. The van der Waals surface area contributed by atoms with Crippen molar-refractivity contribution < 1.29 is 5.11 Å². The van der Waals surface area contributed by atoms with Crippen LogP contribution in [0.3, 0.4) is 0 Å². The van der Waals surface area contributed by atoms with Crippen molar-refractivity contribution in [3.63, 3.8) is 0 Å². The molecule has 0 amide bonds. The third-order valence-corrected chi connectivity index (χ3v) is 3.38. The predicted octanol–water partition coefficient (Wildman–Crippen LogP) is 2.99. The quantitative estimate of drug-likeness (QED) is 0.796. The highest BCUT2D eigenvalue weighted by Crippen LogP contribution is 2.22. The number of benzene rings is 1. The molecule has 1 aliphatic heterocycles. The van der Waals surface area contributed by atoms with Crippen LogP contribution in [0.4, 0.5) is 0 Å². The zero-order valence-corrected chi connectivity index (χ0v) is 10.5. The van der Waals surface area contributed by atoms with Gasteiger partial charge in [0.2, 0.25) is 0 Å². The van der Waals surface area contributed by atoms with Crippen LogP contribution in [-0.2, 0) is 0 Å². The fourth-order valence-corrected chi connectivity index (χ4v) is 2.33. The van der Waals surface area contributed by atoms with E-state index >= 15 is 0 Å². The highest BCUT2D eigenvalue weighted by Gasteiger charge is 2.22. The molecule has 0 radical (unpaired) electrons. The molecule has 0 aromatic heterocycles. The van der Waals surface area contributed by atoms with Gasteiger partial charge in [-0.3, -0.25) is 5.01 Å². The number of phenolic OH excluding ortho intramolecular Hbond substituents is 1. The van der Waals surface area contributed by atoms with Crippen LogP contribution in [0.15, 0.2) is 29.4 Å². The molecule has 0 spiro atoms. The second kappa shape index (κ2) is 5.21. The summed E-state index contributed by atoms with van der Waals surface area (Å²) in [5.41, 5.74) is 1.02. The van der Waals surface area contributed by atoms with Gasteiger partial charge in [-0.15, -0.1) is 0 Å². The Labute approximate surface area is 103 Å². The van der Waals surface area contributed by atoms with Crippen molar-refractivity contribution in [1.29, 1.82) is 0 Å². The molecule has 17 heavy (non-hydrogen) atoms. The first kappa shape index (κ1) is 12.0. The van der Waals surface area contributed by atoms with Gasteiger partial charge in [-0.1, -0.05) is 0 Å². The largest absolute Gasteiger partial charge is 0.508 e. The average Bonchev–Trinajstić information content (AvgIpc) is 2.31. The van der Waals surface area contributed by atoms with E-state index in [4.69, 9.17) is 0 Å². The molecule has 3 heteroatoms. The summed E-state index contributed by atoms with van der Waals surface area (Å²) in [6.07, 6.45) is 5.61. The second-order valence-corrected chi connectivity index (χ2v) is 4.85. The van der Waals surface area contributed by atoms with Gasteiger partial charge in [0.25, 0.3) is 0 Å². The lowest BCUT2D eigenvalue weighted by atomic mass is 10.00. The van der Waals surface area contributed by atoms with Crippen LogP contribution in [0.1, 0.15) is 38.7 Å². The minimum atomic E-state index is 0.293. The first-order valence-corrected chi connectivity index (χ1v) is 6.28. The van der Waals surface area contributed by atoms with Crippen LogP contribution in [0.5, 0.6) is 5.75 Å². The number of hydrazone groups is 1. The standard InChI is InChI=1S/C14H20N2O/c1-11-4-3-5-12(2)16(11)15-10-13-6-8-14(17)9-7-13/h6-12,17H,3-5H2,1-2H3/b15-10+/t11-,12-/m0/s1. The van der Waals surface area contributed by atoms with Gasteiger partial charge in [0.15, 0.2) is 0 Å². The summed E-state index contributed by atoms with van der Waals surface area (Å²) in [5.74, 6) is 0.293. The first-order chi connectivity index (χ1) is 8.16. The fraction of sp³-hybridized carbons (Fsp3) is 0.500. The Hall–Kier alpha value is -1.51. The maximum Gasteiger partial charge on any atom is 0.115 e. The summed E-state index contributed by atoms with van der Waals surface area (Å²) in [5, 5.41) is 16.0. The zero-order valence-electron chi connectivity index (χ0n) is 10.5. The Morgan fingerprint density at radius 2 is 1.76 bits per heavy atom. The Morgan fingerprint density at radius 1 is 1.18 bits per heavy atom. The van der Waals surface area contributed by atoms with Gasteiger partial charge in [0.05, 0.1) is 6.21 Å². The molecule has 0 aliphatic carbocycles. The molecule has 2 atom stereocenters. The lowest BCUT2D eigenvalue weighted by Crippen LogP contribution is -2.39. The van der Waals surface area contributed by atoms with Gasteiger partial charge in [0, 0.05) is 12.1 Å². The maximum atomic E-state index is 9.20. The molecular weight excluding hydrogens is 212 g/mol. The van der Waals surface area contributed by atoms with Crippen molar-refractivity contribution in [3.8, 4) is 5.75 Å². The minimum absolute atomic E-state index is 0.293. The smallest absolute Gasteiger partial charge is 0.115 e. The Bertz CT molecular complexity index is 376. The van der Waals surface area contributed by atoms with Crippen LogP contribution >= 0.6 is 0 Å². The molecule has 92 valence electrons. The summed E-state index contributed by atoms with van der Waals surface area (Å²) in [4.78, 5) is 0. The molecule has 0 unspecified atom stereocenters. The molecule has 2 rings (SSSR count). The fourth-order valence-electron chi connectivity index (χ4n) is 2.33. The zero-order chi connectivity index (χ0) is 12.3. The molecule has 1 aromatic carbocycles. The Morgan fingerprint density at radius 3 is 2.35 bits per heavy atom. The van der Waals surface area contributed by atoms with Crippen LogP contribution in [0, 0.1) is 0 Å². The van der Waals surface area contributed by atoms with Gasteiger partial charge in [0.1, 0.15) is 5.75 Å². The molecule has 0 saturated carbocycles. The van der Waals surface area contributed by atoms with Crippen LogP contribution in [0.25, 0.3) is 0 Å². The van der Waals surface area contributed by atoms with Crippen molar-refractivity contribution in [2.24, 2.45) is 5.10 Å². The molecule has 1 saturated heterocycles. The second-order valence-electron chi connectivity index (χ2n) is 4.85. The number of aromatic hydroxyl groups is 1. The van der Waals surface area contributed by atoms with Gasteiger partial charge >= 0.3 is 0 Å². The summed E-state index contributed by atoms with van der Waals surface area (Å²) in [7, 11) is 0. The van der Waals surface area contributed by atoms with Gasteiger partial charge in [-0.05, 0) is 62.9 Å². The molecular formula is C14H20N2O.